The monoisotopic (exact) mass is 283 g/mol. The first-order valence-corrected chi connectivity index (χ1v) is 6.48. The number of anilines is 1. The van der Waals surface area contributed by atoms with E-state index in [4.69, 9.17) is 5.73 Å². The van der Waals surface area contributed by atoms with Crippen LogP contribution in [0.5, 0.6) is 0 Å². The molecule has 1 amide bonds. The first kappa shape index (κ1) is 16.0. The lowest BCUT2D eigenvalue weighted by atomic mass is 10.1. The van der Waals surface area contributed by atoms with Gasteiger partial charge >= 0.3 is 0 Å². The van der Waals surface area contributed by atoms with Crippen molar-refractivity contribution in [1.82, 2.24) is 4.90 Å². The Bertz CT molecular complexity index is 425. The maximum absolute atomic E-state index is 11.9. The van der Waals surface area contributed by atoms with Gasteiger partial charge in [-0.15, -0.1) is 12.4 Å². The van der Waals surface area contributed by atoms with Crippen LogP contribution in [-0.4, -0.2) is 36.5 Å². The topological polar surface area (TPSA) is 58.4 Å². The molecule has 19 heavy (non-hydrogen) atoms. The third kappa shape index (κ3) is 5.19. The number of hydrogen-bond donors (Lipinski definition) is 2. The average Bonchev–Trinajstić information content (AvgIpc) is 2.28. The molecular weight excluding hydrogens is 262 g/mol. The SMILES string of the molecule is Cc1cccc(NC(=O)CN2CCCC(N)C2)c1.Cl. The van der Waals surface area contributed by atoms with Gasteiger partial charge in [0.2, 0.25) is 5.91 Å². The van der Waals surface area contributed by atoms with E-state index in [1.54, 1.807) is 0 Å². The summed E-state index contributed by atoms with van der Waals surface area (Å²) in [4.78, 5) is 14.0. The van der Waals surface area contributed by atoms with Gasteiger partial charge in [0.1, 0.15) is 0 Å². The summed E-state index contributed by atoms with van der Waals surface area (Å²) in [5, 5.41) is 2.92. The van der Waals surface area contributed by atoms with Crippen LogP contribution in [0, 0.1) is 6.92 Å². The van der Waals surface area contributed by atoms with E-state index >= 15 is 0 Å². The van der Waals surface area contributed by atoms with E-state index in [1.807, 2.05) is 31.2 Å². The average molecular weight is 284 g/mol. The van der Waals surface area contributed by atoms with Crippen molar-refractivity contribution in [3.63, 3.8) is 0 Å². The van der Waals surface area contributed by atoms with Crippen LogP contribution in [-0.2, 0) is 4.79 Å². The highest BCUT2D eigenvalue weighted by molar-refractivity contribution is 5.92. The molecule has 1 aromatic carbocycles. The fourth-order valence-corrected chi connectivity index (χ4v) is 2.36. The summed E-state index contributed by atoms with van der Waals surface area (Å²) in [6, 6.07) is 8.05. The minimum absolute atomic E-state index is 0. The molecule has 0 saturated carbocycles. The zero-order valence-corrected chi connectivity index (χ0v) is 12.1. The molecule has 0 radical (unpaired) electrons. The normalized spacial score (nSPS) is 19.6. The zero-order chi connectivity index (χ0) is 13.0. The maximum Gasteiger partial charge on any atom is 0.238 e. The van der Waals surface area contributed by atoms with Gasteiger partial charge < -0.3 is 11.1 Å². The van der Waals surface area contributed by atoms with Gasteiger partial charge in [-0.2, -0.15) is 0 Å². The molecule has 1 aromatic rings. The highest BCUT2D eigenvalue weighted by Gasteiger charge is 2.18. The third-order valence-electron chi connectivity index (χ3n) is 3.21. The van der Waals surface area contributed by atoms with Crippen molar-refractivity contribution in [3.8, 4) is 0 Å². The van der Waals surface area contributed by atoms with E-state index in [2.05, 4.69) is 10.2 Å². The van der Waals surface area contributed by atoms with Crippen LogP contribution in [0.4, 0.5) is 5.69 Å². The maximum atomic E-state index is 11.9. The predicted octanol–water partition coefficient (Wildman–Crippen LogP) is 1.78. The minimum Gasteiger partial charge on any atom is -0.327 e. The molecule has 1 aliphatic heterocycles. The zero-order valence-electron chi connectivity index (χ0n) is 11.3. The van der Waals surface area contributed by atoms with Crippen LogP contribution in [0.25, 0.3) is 0 Å². The van der Waals surface area contributed by atoms with E-state index in [1.165, 1.54) is 0 Å². The molecule has 5 heteroatoms. The highest BCUT2D eigenvalue weighted by Crippen LogP contribution is 2.11. The lowest BCUT2D eigenvalue weighted by molar-refractivity contribution is -0.117. The lowest BCUT2D eigenvalue weighted by Crippen LogP contribution is -2.45. The van der Waals surface area contributed by atoms with Crippen molar-refractivity contribution < 1.29 is 4.79 Å². The Labute approximate surface area is 120 Å². The number of piperidine rings is 1. The Morgan fingerprint density at radius 2 is 2.32 bits per heavy atom. The molecule has 1 atom stereocenters. The molecule has 0 aliphatic carbocycles. The first-order chi connectivity index (χ1) is 8.63. The first-order valence-electron chi connectivity index (χ1n) is 6.48. The van der Waals surface area contributed by atoms with Crippen LogP contribution in [0.2, 0.25) is 0 Å². The number of carbonyl (C=O) groups is 1. The van der Waals surface area contributed by atoms with Gasteiger partial charge in [0.15, 0.2) is 0 Å². The van der Waals surface area contributed by atoms with Crippen molar-refractivity contribution in [2.75, 3.05) is 25.0 Å². The molecule has 4 nitrogen and oxygen atoms in total. The third-order valence-corrected chi connectivity index (χ3v) is 3.21. The Morgan fingerprint density at radius 1 is 1.53 bits per heavy atom. The quantitative estimate of drug-likeness (QED) is 0.889. The molecule has 106 valence electrons. The van der Waals surface area contributed by atoms with E-state index in [0.717, 1.165) is 37.2 Å². The predicted molar refractivity (Wildman–Crippen MR) is 80.7 cm³/mol. The number of aryl methyl sites for hydroxylation is 1. The van der Waals surface area contributed by atoms with Crippen molar-refractivity contribution in [1.29, 1.82) is 0 Å². The fourth-order valence-electron chi connectivity index (χ4n) is 2.36. The number of carbonyl (C=O) groups excluding carboxylic acids is 1. The molecule has 0 aromatic heterocycles. The van der Waals surface area contributed by atoms with Crippen LogP contribution >= 0.6 is 12.4 Å². The second kappa shape index (κ2) is 7.48. The number of halogens is 1. The van der Waals surface area contributed by atoms with Crippen LogP contribution < -0.4 is 11.1 Å². The van der Waals surface area contributed by atoms with Crippen LogP contribution in [0.1, 0.15) is 18.4 Å². The van der Waals surface area contributed by atoms with E-state index < -0.39 is 0 Å². The number of benzene rings is 1. The summed E-state index contributed by atoms with van der Waals surface area (Å²) in [5.41, 5.74) is 7.91. The number of hydrogen-bond acceptors (Lipinski definition) is 3. The molecule has 1 unspecified atom stereocenters. The summed E-state index contributed by atoms with van der Waals surface area (Å²) >= 11 is 0. The number of nitrogens with one attached hydrogen (secondary N) is 1. The molecule has 1 heterocycles. The number of amides is 1. The largest absolute Gasteiger partial charge is 0.327 e. The molecule has 2 rings (SSSR count). The minimum atomic E-state index is 0. The number of nitrogens with zero attached hydrogens (tertiary/aromatic N) is 1. The Morgan fingerprint density at radius 3 is 3.00 bits per heavy atom. The highest BCUT2D eigenvalue weighted by atomic mass is 35.5. The van der Waals surface area contributed by atoms with Crippen LogP contribution in [0.15, 0.2) is 24.3 Å². The Kier molecular flexibility index (Phi) is 6.28. The number of likely N-dealkylation sites (tertiary alicyclic amines) is 1. The van der Waals surface area contributed by atoms with Crippen molar-refractivity contribution >= 4 is 24.0 Å². The number of nitrogens with two attached hydrogens (primary N) is 1. The van der Waals surface area contributed by atoms with E-state index in [-0.39, 0.29) is 24.4 Å². The smallest absolute Gasteiger partial charge is 0.238 e. The Balaban J connectivity index is 0.00000180. The van der Waals surface area contributed by atoms with Gasteiger partial charge in [0.05, 0.1) is 6.54 Å². The lowest BCUT2D eigenvalue weighted by Gasteiger charge is -2.29. The molecule has 1 aliphatic rings. The molecule has 1 saturated heterocycles. The van der Waals surface area contributed by atoms with Gasteiger partial charge in [0, 0.05) is 18.3 Å². The molecule has 3 N–H and O–H groups in total. The van der Waals surface area contributed by atoms with Gasteiger partial charge in [0.25, 0.3) is 0 Å². The van der Waals surface area contributed by atoms with E-state index in [9.17, 15) is 4.79 Å². The fraction of sp³-hybridized carbons (Fsp3) is 0.500. The van der Waals surface area contributed by atoms with Gasteiger partial charge in [-0.1, -0.05) is 12.1 Å². The summed E-state index contributed by atoms with van der Waals surface area (Å²) in [7, 11) is 0. The van der Waals surface area contributed by atoms with Crippen molar-refractivity contribution in [3.05, 3.63) is 29.8 Å². The molecule has 1 fully saturated rings. The molecule has 0 spiro atoms. The number of rotatable bonds is 3. The van der Waals surface area contributed by atoms with Crippen LogP contribution in [0.3, 0.4) is 0 Å². The summed E-state index contributed by atoms with van der Waals surface area (Å²) < 4.78 is 0. The summed E-state index contributed by atoms with van der Waals surface area (Å²) in [6.45, 7) is 4.23. The summed E-state index contributed by atoms with van der Waals surface area (Å²) in [6.07, 6.45) is 2.15. The Hall–Kier alpha value is -1.10. The second-order valence-corrected chi connectivity index (χ2v) is 5.06. The second-order valence-electron chi connectivity index (χ2n) is 5.06. The summed E-state index contributed by atoms with van der Waals surface area (Å²) in [5.74, 6) is 0.0368. The molecular formula is C14H22ClN3O. The standard InChI is InChI=1S/C14H21N3O.ClH/c1-11-4-2-6-13(8-11)16-14(18)10-17-7-3-5-12(15)9-17;/h2,4,6,8,12H,3,5,7,9-10,15H2,1H3,(H,16,18);1H. The van der Waals surface area contributed by atoms with Gasteiger partial charge in [-0.25, -0.2) is 0 Å². The van der Waals surface area contributed by atoms with Crippen molar-refractivity contribution in [2.45, 2.75) is 25.8 Å². The van der Waals surface area contributed by atoms with Crippen molar-refractivity contribution in [2.24, 2.45) is 5.73 Å². The van der Waals surface area contributed by atoms with Gasteiger partial charge in [-0.3, -0.25) is 9.69 Å². The molecule has 0 bridgehead atoms. The van der Waals surface area contributed by atoms with Gasteiger partial charge in [-0.05, 0) is 44.0 Å². The van der Waals surface area contributed by atoms with E-state index in [0.29, 0.717) is 6.54 Å².